The fourth-order valence-corrected chi connectivity index (χ4v) is 0. The van der Waals surface area contributed by atoms with Crippen molar-refractivity contribution in [3.63, 3.8) is 0 Å². The molecule has 10 heavy (non-hydrogen) atoms. The number of hydroxylamine groups is 4. The maximum absolute atomic E-state index is 8.32. The molecule has 0 aromatic carbocycles. The first-order chi connectivity index (χ1) is 4.29. The van der Waals surface area contributed by atoms with Crippen LogP contribution in [0.25, 0.3) is 0 Å². The second-order valence-electron chi connectivity index (χ2n) is 2.75. The first-order valence-corrected chi connectivity index (χ1v) is 3.21. The molecule has 0 bridgehead atoms. The molecule has 4 heteroatoms. The molecule has 0 aliphatic carbocycles. The lowest BCUT2D eigenvalue weighted by atomic mass is 10.7. The van der Waals surface area contributed by atoms with Gasteiger partial charge in [-0.2, -0.15) is 10.4 Å². The molecular formula is C6H19N2O2+. The smallest absolute Gasteiger partial charge is 0.139 e. The monoisotopic (exact) mass is 151 g/mol. The second-order valence-corrected chi connectivity index (χ2v) is 2.75. The van der Waals surface area contributed by atoms with E-state index in [2.05, 4.69) is 0 Å². The lowest BCUT2D eigenvalue weighted by Crippen LogP contribution is -2.35. The molecule has 0 spiro atoms. The standard InChI is InChI=1S/C3H10NO2.C3H9N/c1-3-4(2,5)6;1-4(2)3/h5-6H,3H2,1-2H3;1-3H3/q+1;. The highest BCUT2D eigenvalue weighted by Gasteiger charge is 2.06. The van der Waals surface area contributed by atoms with Crippen molar-refractivity contribution < 1.29 is 15.2 Å². The molecule has 0 rings (SSSR count). The SMILES string of the molecule is CC[N+](C)(O)O.CN(C)C. The molecule has 0 aliphatic heterocycles. The van der Waals surface area contributed by atoms with E-state index < -0.39 is 4.81 Å². The molecule has 0 fully saturated rings. The van der Waals surface area contributed by atoms with Crippen molar-refractivity contribution in [3.8, 4) is 0 Å². The third-order valence-electron chi connectivity index (χ3n) is 0.599. The summed E-state index contributed by atoms with van der Waals surface area (Å²) < 4.78 is 0. The third kappa shape index (κ3) is 45.5. The molecule has 0 aliphatic rings. The van der Waals surface area contributed by atoms with Crippen molar-refractivity contribution in [3.05, 3.63) is 0 Å². The van der Waals surface area contributed by atoms with Gasteiger partial charge in [-0.05, 0) is 28.1 Å². The average Bonchev–Trinajstić information content (AvgIpc) is 1.63. The van der Waals surface area contributed by atoms with Crippen molar-refractivity contribution in [2.45, 2.75) is 6.92 Å². The van der Waals surface area contributed by atoms with E-state index in [0.29, 0.717) is 6.54 Å². The molecule has 0 saturated heterocycles. The zero-order chi connectivity index (χ0) is 8.78. The van der Waals surface area contributed by atoms with Gasteiger partial charge in [-0.15, -0.1) is 0 Å². The summed E-state index contributed by atoms with van der Waals surface area (Å²) in [5.41, 5.74) is 0. The molecule has 0 atom stereocenters. The number of nitrogens with zero attached hydrogens (tertiary/aromatic N) is 2. The van der Waals surface area contributed by atoms with Crippen LogP contribution in [-0.2, 0) is 0 Å². The van der Waals surface area contributed by atoms with Gasteiger partial charge in [0.2, 0.25) is 0 Å². The van der Waals surface area contributed by atoms with Crippen molar-refractivity contribution in [1.29, 1.82) is 0 Å². The van der Waals surface area contributed by atoms with Crippen LogP contribution < -0.4 is 0 Å². The Labute approximate surface area is 62.8 Å². The van der Waals surface area contributed by atoms with Crippen LogP contribution in [0.5, 0.6) is 0 Å². The van der Waals surface area contributed by atoms with Crippen LogP contribution in [-0.4, -0.2) is 54.9 Å². The normalized spacial score (nSPS) is 10.8. The molecule has 4 nitrogen and oxygen atoms in total. The van der Waals surface area contributed by atoms with E-state index in [-0.39, 0.29) is 0 Å². The highest BCUT2D eigenvalue weighted by atomic mass is 16.8. The third-order valence-corrected chi connectivity index (χ3v) is 0.599. The fraction of sp³-hybridized carbons (Fsp3) is 1.00. The largest absolute Gasteiger partial charge is 0.312 e. The van der Waals surface area contributed by atoms with Gasteiger partial charge in [-0.1, -0.05) is 4.81 Å². The van der Waals surface area contributed by atoms with Gasteiger partial charge in [0.05, 0.1) is 0 Å². The Morgan fingerprint density at radius 3 is 1.30 bits per heavy atom. The lowest BCUT2D eigenvalue weighted by Gasteiger charge is -2.10. The van der Waals surface area contributed by atoms with E-state index >= 15 is 0 Å². The van der Waals surface area contributed by atoms with E-state index in [0.717, 1.165) is 0 Å². The van der Waals surface area contributed by atoms with Gasteiger partial charge in [-0.25, -0.2) is 0 Å². The Hall–Kier alpha value is -0.160. The van der Waals surface area contributed by atoms with Crippen LogP contribution in [0.3, 0.4) is 0 Å². The molecule has 0 aromatic heterocycles. The summed E-state index contributed by atoms with van der Waals surface area (Å²) >= 11 is 0. The topological polar surface area (TPSA) is 43.7 Å². The molecule has 0 unspecified atom stereocenters. The van der Waals surface area contributed by atoms with Gasteiger partial charge >= 0.3 is 0 Å². The maximum atomic E-state index is 8.32. The van der Waals surface area contributed by atoms with Gasteiger partial charge in [0.15, 0.2) is 0 Å². The molecule has 0 amide bonds. The van der Waals surface area contributed by atoms with E-state index in [1.54, 1.807) is 6.92 Å². The Morgan fingerprint density at radius 1 is 1.20 bits per heavy atom. The predicted octanol–water partition coefficient (Wildman–Crippen LogP) is 0.409. The van der Waals surface area contributed by atoms with Gasteiger partial charge in [0, 0.05) is 0 Å². The van der Waals surface area contributed by atoms with E-state index in [1.165, 1.54) is 7.05 Å². The summed E-state index contributed by atoms with van der Waals surface area (Å²) in [7, 11) is 7.29. The predicted molar refractivity (Wildman–Crippen MR) is 39.9 cm³/mol. The summed E-state index contributed by atoms with van der Waals surface area (Å²) in [6, 6.07) is 0. The van der Waals surface area contributed by atoms with Gasteiger partial charge in [0.1, 0.15) is 13.6 Å². The molecule has 2 N–H and O–H groups in total. The summed E-state index contributed by atoms with van der Waals surface area (Å²) in [4.78, 5) is 1.07. The Bertz CT molecular complexity index is 65.9. The maximum Gasteiger partial charge on any atom is 0.139 e. The summed E-state index contributed by atoms with van der Waals surface area (Å²) in [5, 5.41) is 16.6. The minimum absolute atomic E-state index is 0.319. The van der Waals surface area contributed by atoms with Crippen molar-refractivity contribution in [2.75, 3.05) is 34.7 Å². The number of hydrogen-bond acceptors (Lipinski definition) is 3. The van der Waals surface area contributed by atoms with Crippen molar-refractivity contribution >= 4 is 0 Å². The summed E-state index contributed by atoms with van der Waals surface area (Å²) in [5.74, 6) is 0. The number of hydrogen-bond donors (Lipinski definition) is 2. The van der Waals surface area contributed by atoms with Crippen LogP contribution >= 0.6 is 0 Å². The van der Waals surface area contributed by atoms with Crippen molar-refractivity contribution in [2.24, 2.45) is 0 Å². The van der Waals surface area contributed by atoms with Crippen LogP contribution in [0.4, 0.5) is 0 Å². The van der Waals surface area contributed by atoms with E-state index in [1.807, 2.05) is 26.0 Å². The van der Waals surface area contributed by atoms with Crippen LogP contribution in [0.15, 0.2) is 0 Å². The minimum atomic E-state index is -0.931. The minimum Gasteiger partial charge on any atom is -0.312 e. The van der Waals surface area contributed by atoms with Crippen molar-refractivity contribution in [1.82, 2.24) is 4.90 Å². The Morgan fingerprint density at radius 2 is 1.30 bits per heavy atom. The highest BCUT2D eigenvalue weighted by Crippen LogP contribution is 1.82. The Balaban J connectivity index is 0. The summed E-state index contributed by atoms with van der Waals surface area (Å²) in [6.45, 7) is 2.00. The molecule has 0 saturated carbocycles. The molecule has 64 valence electrons. The highest BCUT2D eigenvalue weighted by molar-refractivity contribution is 4.09. The first kappa shape index (κ1) is 12.5. The average molecular weight is 151 g/mol. The fourth-order valence-electron chi connectivity index (χ4n) is 0. The van der Waals surface area contributed by atoms with E-state index in [9.17, 15) is 0 Å². The molecular weight excluding hydrogens is 132 g/mol. The van der Waals surface area contributed by atoms with Gasteiger partial charge in [-0.3, -0.25) is 0 Å². The second kappa shape index (κ2) is 5.61. The molecule has 0 radical (unpaired) electrons. The quantitative estimate of drug-likeness (QED) is 0.421. The van der Waals surface area contributed by atoms with Gasteiger partial charge in [0.25, 0.3) is 0 Å². The molecule has 0 aromatic rings. The number of quaternary nitrogens is 1. The zero-order valence-electron chi connectivity index (χ0n) is 7.50. The Kier molecular flexibility index (Phi) is 7.02. The zero-order valence-corrected chi connectivity index (χ0v) is 7.50. The number of rotatable bonds is 1. The van der Waals surface area contributed by atoms with Crippen LogP contribution in [0.1, 0.15) is 6.92 Å². The van der Waals surface area contributed by atoms with Crippen LogP contribution in [0.2, 0.25) is 0 Å². The first-order valence-electron chi connectivity index (χ1n) is 3.21. The van der Waals surface area contributed by atoms with Crippen LogP contribution in [0, 0.1) is 0 Å². The lowest BCUT2D eigenvalue weighted by molar-refractivity contribution is -1.23. The molecule has 0 heterocycles. The van der Waals surface area contributed by atoms with E-state index in [4.69, 9.17) is 10.4 Å². The summed E-state index contributed by atoms with van der Waals surface area (Å²) in [6.07, 6.45) is 0. The van der Waals surface area contributed by atoms with Gasteiger partial charge < -0.3 is 4.90 Å².